The van der Waals surface area contributed by atoms with E-state index in [0.717, 1.165) is 10.0 Å². The lowest BCUT2D eigenvalue weighted by atomic mass is 10.2. The number of thiazole rings is 1. The molecule has 0 bridgehead atoms. The van der Waals surface area contributed by atoms with E-state index < -0.39 is 5.97 Å². The monoisotopic (exact) mass is 326 g/mol. The molecule has 1 heterocycles. The molecule has 94 valence electrons. The van der Waals surface area contributed by atoms with Crippen molar-refractivity contribution in [2.24, 2.45) is 0 Å². The van der Waals surface area contributed by atoms with E-state index in [2.05, 4.69) is 26.2 Å². The Kier molecular flexibility index (Phi) is 3.98. The van der Waals surface area contributed by atoms with Crippen LogP contribution in [0.1, 0.15) is 20.9 Å². The van der Waals surface area contributed by atoms with Crippen LogP contribution in [0.2, 0.25) is 0 Å². The first-order valence-corrected chi connectivity index (χ1v) is 6.86. The topological polar surface area (TPSA) is 62.2 Å². The number of aryl methyl sites for hydroxylation is 1. The number of nitrogens with zero attached hydrogens (tertiary/aromatic N) is 1. The normalized spacial score (nSPS) is 10.3. The fourth-order valence-corrected chi connectivity index (χ4v) is 2.74. The lowest BCUT2D eigenvalue weighted by molar-refractivity contribution is 0.0690. The second kappa shape index (κ2) is 5.49. The quantitative estimate of drug-likeness (QED) is 0.902. The molecule has 0 fully saturated rings. The van der Waals surface area contributed by atoms with Gasteiger partial charge in [-0.05, 0) is 24.6 Å². The number of carboxylic acid groups (broad SMARTS) is 1. The predicted molar refractivity (Wildman–Crippen MR) is 75.3 cm³/mol. The highest BCUT2D eigenvalue weighted by molar-refractivity contribution is 9.10. The zero-order chi connectivity index (χ0) is 13.1. The third-order valence-electron chi connectivity index (χ3n) is 2.33. The molecule has 0 atom stereocenters. The van der Waals surface area contributed by atoms with E-state index in [9.17, 15) is 4.79 Å². The summed E-state index contributed by atoms with van der Waals surface area (Å²) in [7, 11) is 0. The zero-order valence-electron chi connectivity index (χ0n) is 9.61. The summed E-state index contributed by atoms with van der Waals surface area (Å²) in [5.74, 6) is -0.987. The highest BCUT2D eigenvalue weighted by atomic mass is 79.9. The summed E-state index contributed by atoms with van der Waals surface area (Å²) >= 11 is 4.76. The van der Waals surface area contributed by atoms with Crippen LogP contribution in [0.25, 0.3) is 0 Å². The Morgan fingerprint density at radius 3 is 2.94 bits per heavy atom. The zero-order valence-corrected chi connectivity index (χ0v) is 12.0. The van der Waals surface area contributed by atoms with Gasteiger partial charge in [0, 0.05) is 15.9 Å². The summed E-state index contributed by atoms with van der Waals surface area (Å²) in [5.41, 5.74) is 1.23. The molecule has 4 nitrogen and oxygen atoms in total. The molecule has 0 aliphatic carbocycles. The van der Waals surface area contributed by atoms with Gasteiger partial charge in [0.1, 0.15) is 0 Å². The molecule has 1 aromatic heterocycles. The van der Waals surface area contributed by atoms with Gasteiger partial charge in [-0.15, -0.1) is 11.3 Å². The highest BCUT2D eigenvalue weighted by Gasteiger charge is 2.13. The van der Waals surface area contributed by atoms with Crippen molar-refractivity contribution in [3.8, 4) is 0 Å². The molecule has 0 aliphatic rings. The molecule has 0 spiro atoms. The van der Waals surface area contributed by atoms with E-state index in [1.807, 2.05) is 24.3 Å². The van der Waals surface area contributed by atoms with Gasteiger partial charge in [0.2, 0.25) is 0 Å². The van der Waals surface area contributed by atoms with Crippen LogP contribution in [0.3, 0.4) is 0 Å². The Morgan fingerprint density at radius 1 is 1.56 bits per heavy atom. The number of benzene rings is 1. The first-order chi connectivity index (χ1) is 8.56. The van der Waals surface area contributed by atoms with Gasteiger partial charge in [-0.25, -0.2) is 9.78 Å². The second-order valence-corrected chi connectivity index (χ2v) is 5.83. The molecular weight excluding hydrogens is 316 g/mol. The molecular formula is C12H11BrN2O2S. The van der Waals surface area contributed by atoms with Gasteiger partial charge >= 0.3 is 5.97 Å². The predicted octanol–water partition coefficient (Wildman–Crippen LogP) is 3.52. The number of aromatic carboxylic acids is 1. The van der Waals surface area contributed by atoms with Gasteiger partial charge in [-0.3, -0.25) is 0 Å². The van der Waals surface area contributed by atoms with Crippen molar-refractivity contribution >= 4 is 38.4 Å². The van der Waals surface area contributed by atoms with Crippen molar-refractivity contribution in [2.45, 2.75) is 13.5 Å². The summed E-state index contributed by atoms with van der Waals surface area (Å²) in [5, 5.41) is 12.7. The van der Waals surface area contributed by atoms with E-state index in [1.165, 1.54) is 11.3 Å². The number of rotatable bonds is 4. The molecule has 1 aromatic carbocycles. The number of anilines is 1. The summed E-state index contributed by atoms with van der Waals surface area (Å²) in [6.45, 7) is 2.37. The molecule has 0 saturated heterocycles. The van der Waals surface area contributed by atoms with E-state index in [-0.39, 0.29) is 5.69 Å². The highest BCUT2D eigenvalue weighted by Crippen LogP contribution is 2.22. The Morgan fingerprint density at radius 2 is 2.33 bits per heavy atom. The van der Waals surface area contributed by atoms with Crippen LogP contribution in [-0.4, -0.2) is 16.1 Å². The van der Waals surface area contributed by atoms with Crippen molar-refractivity contribution in [2.75, 3.05) is 5.32 Å². The SMILES string of the molecule is Cc1sc(NCc2cccc(Br)c2)nc1C(=O)O. The Hall–Kier alpha value is -1.40. The Bertz CT molecular complexity index is 583. The van der Waals surface area contributed by atoms with Crippen LogP contribution in [0.4, 0.5) is 5.13 Å². The lowest BCUT2D eigenvalue weighted by Crippen LogP contribution is -2.01. The summed E-state index contributed by atoms with van der Waals surface area (Å²) in [6, 6.07) is 7.92. The number of hydrogen-bond acceptors (Lipinski definition) is 4. The van der Waals surface area contributed by atoms with E-state index in [1.54, 1.807) is 6.92 Å². The van der Waals surface area contributed by atoms with Crippen molar-refractivity contribution in [3.63, 3.8) is 0 Å². The summed E-state index contributed by atoms with van der Waals surface area (Å²) in [4.78, 5) is 15.6. The van der Waals surface area contributed by atoms with Crippen LogP contribution >= 0.6 is 27.3 Å². The Labute approximate surface area is 117 Å². The van der Waals surface area contributed by atoms with Crippen molar-refractivity contribution in [3.05, 3.63) is 44.9 Å². The summed E-state index contributed by atoms with van der Waals surface area (Å²) < 4.78 is 1.02. The van der Waals surface area contributed by atoms with Crippen LogP contribution in [0.5, 0.6) is 0 Å². The van der Waals surface area contributed by atoms with E-state index in [4.69, 9.17) is 5.11 Å². The third-order valence-corrected chi connectivity index (χ3v) is 3.75. The molecule has 2 rings (SSSR count). The molecule has 6 heteroatoms. The Balaban J connectivity index is 2.06. The average molecular weight is 327 g/mol. The number of carbonyl (C=O) groups is 1. The molecule has 2 N–H and O–H groups in total. The van der Waals surface area contributed by atoms with Crippen LogP contribution in [0.15, 0.2) is 28.7 Å². The molecule has 0 saturated carbocycles. The van der Waals surface area contributed by atoms with Crippen LogP contribution < -0.4 is 5.32 Å². The minimum atomic E-state index is -0.987. The van der Waals surface area contributed by atoms with E-state index >= 15 is 0 Å². The number of nitrogens with one attached hydrogen (secondary N) is 1. The molecule has 18 heavy (non-hydrogen) atoms. The van der Waals surface area contributed by atoms with Gasteiger partial charge in [0.25, 0.3) is 0 Å². The van der Waals surface area contributed by atoms with Crippen molar-refractivity contribution in [1.82, 2.24) is 4.98 Å². The molecule has 0 aliphatic heterocycles. The largest absolute Gasteiger partial charge is 0.476 e. The van der Waals surface area contributed by atoms with Crippen molar-refractivity contribution < 1.29 is 9.90 Å². The number of halogens is 1. The summed E-state index contributed by atoms with van der Waals surface area (Å²) in [6.07, 6.45) is 0. The standard InChI is InChI=1S/C12H11BrN2O2S/c1-7-10(11(16)17)15-12(18-7)14-6-8-3-2-4-9(13)5-8/h2-5H,6H2,1H3,(H,14,15)(H,16,17). The van der Waals surface area contributed by atoms with Gasteiger partial charge in [-0.2, -0.15) is 0 Å². The molecule has 0 amide bonds. The van der Waals surface area contributed by atoms with Crippen LogP contribution in [-0.2, 0) is 6.54 Å². The maximum Gasteiger partial charge on any atom is 0.355 e. The van der Waals surface area contributed by atoms with Gasteiger partial charge in [0.05, 0.1) is 0 Å². The van der Waals surface area contributed by atoms with E-state index in [0.29, 0.717) is 16.6 Å². The maximum absolute atomic E-state index is 10.9. The maximum atomic E-state index is 10.9. The van der Waals surface area contributed by atoms with Crippen molar-refractivity contribution in [1.29, 1.82) is 0 Å². The van der Waals surface area contributed by atoms with Gasteiger partial charge in [0.15, 0.2) is 10.8 Å². The first kappa shape index (κ1) is 13.0. The fraction of sp³-hybridized carbons (Fsp3) is 0.167. The van der Waals surface area contributed by atoms with Gasteiger partial charge in [-0.1, -0.05) is 28.1 Å². The molecule has 0 radical (unpaired) electrons. The fourth-order valence-electron chi connectivity index (χ4n) is 1.50. The number of carboxylic acids is 1. The first-order valence-electron chi connectivity index (χ1n) is 5.25. The second-order valence-electron chi connectivity index (χ2n) is 3.71. The number of aromatic nitrogens is 1. The smallest absolute Gasteiger partial charge is 0.355 e. The molecule has 2 aromatic rings. The third kappa shape index (κ3) is 3.08. The lowest BCUT2D eigenvalue weighted by Gasteiger charge is -2.02. The average Bonchev–Trinajstić information content (AvgIpc) is 2.68. The van der Waals surface area contributed by atoms with Crippen LogP contribution in [0, 0.1) is 6.92 Å². The minimum absolute atomic E-state index is 0.122. The number of hydrogen-bond donors (Lipinski definition) is 2. The van der Waals surface area contributed by atoms with Gasteiger partial charge < -0.3 is 10.4 Å². The minimum Gasteiger partial charge on any atom is -0.476 e. The molecule has 0 unspecified atom stereocenters.